The predicted octanol–water partition coefficient (Wildman–Crippen LogP) is 3.65. The van der Waals surface area contributed by atoms with Gasteiger partial charge in [-0.3, -0.25) is 4.79 Å². The predicted molar refractivity (Wildman–Crippen MR) is 97.6 cm³/mol. The molecule has 1 atom stereocenters. The first kappa shape index (κ1) is 19.5. The molecule has 0 spiro atoms. The van der Waals surface area contributed by atoms with Crippen LogP contribution in [0.2, 0.25) is 0 Å². The summed E-state index contributed by atoms with van der Waals surface area (Å²) in [5.41, 5.74) is 1.19. The fourth-order valence-corrected chi connectivity index (χ4v) is 2.97. The van der Waals surface area contributed by atoms with E-state index in [9.17, 15) is 4.79 Å². The van der Waals surface area contributed by atoms with Gasteiger partial charge >= 0.3 is 0 Å². The lowest BCUT2D eigenvalue weighted by molar-refractivity contribution is -0.121. The van der Waals surface area contributed by atoms with E-state index in [2.05, 4.69) is 52.5 Å². The third kappa shape index (κ3) is 5.90. The molecule has 2 N–H and O–H groups in total. The van der Waals surface area contributed by atoms with Gasteiger partial charge in [-0.25, -0.2) is 0 Å². The number of hydrogen-bond acceptors (Lipinski definition) is 2. The van der Waals surface area contributed by atoms with Gasteiger partial charge in [0.2, 0.25) is 5.91 Å². The molecule has 124 valence electrons. The smallest absolute Gasteiger partial charge is 0.220 e. The van der Waals surface area contributed by atoms with Gasteiger partial charge in [-0.05, 0) is 49.5 Å². The van der Waals surface area contributed by atoms with E-state index in [0.717, 1.165) is 24.0 Å². The van der Waals surface area contributed by atoms with Gasteiger partial charge in [-0.2, -0.15) is 0 Å². The van der Waals surface area contributed by atoms with Crippen LogP contribution in [0.5, 0.6) is 0 Å². The van der Waals surface area contributed by atoms with E-state index in [0.29, 0.717) is 18.9 Å². The van der Waals surface area contributed by atoms with Crippen molar-refractivity contribution in [2.75, 3.05) is 19.6 Å². The standard InChI is InChI=1S/C17H25BrN2O.ClH/c1-17(2,14-4-6-15(18)7-5-14)12-20-16(21)8-3-13-9-10-19-11-13;/h4-7,13,19H,3,8-12H2,1-2H3,(H,20,21);1H. The third-order valence-corrected chi connectivity index (χ3v) is 4.82. The summed E-state index contributed by atoms with van der Waals surface area (Å²) in [7, 11) is 0. The van der Waals surface area contributed by atoms with Crippen molar-refractivity contribution in [3.63, 3.8) is 0 Å². The number of benzene rings is 1. The molecule has 1 heterocycles. The summed E-state index contributed by atoms with van der Waals surface area (Å²) in [5.74, 6) is 0.849. The zero-order chi connectivity index (χ0) is 15.3. The largest absolute Gasteiger partial charge is 0.355 e. The SMILES string of the molecule is CC(C)(CNC(=O)CCC1CCNC1)c1ccc(Br)cc1.Cl. The molecule has 1 amide bonds. The van der Waals surface area contributed by atoms with Crippen LogP contribution in [-0.4, -0.2) is 25.5 Å². The zero-order valence-electron chi connectivity index (χ0n) is 13.3. The highest BCUT2D eigenvalue weighted by Crippen LogP contribution is 2.24. The number of carbonyl (C=O) groups is 1. The van der Waals surface area contributed by atoms with E-state index < -0.39 is 0 Å². The molecule has 2 rings (SSSR count). The van der Waals surface area contributed by atoms with E-state index >= 15 is 0 Å². The van der Waals surface area contributed by atoms with Gasteiger partial charge in [0.1, 0.15) is 0 Å². The Bertz CT molecular complexity index is 470. The average Bonchev–Trinajstić information content (AvgIpc) is 2.97. The van der Waals surface area contributed by atoms with Crippen molar-refractivity contribution in [2.45, 2.75) is 38.5 Å². The van der Waals surface area contributed by atoms with Crippen LogP contribution in [0.25, 0.3) is 0 Å². The Morgan fingerprint density at radius 1 is 1.36 bits per heavy atom. The minimum Gasteiger partial charge on any atom is -0.355 e. The van der Waals surface area contributed by atoms with Crippen molar-refractivity contribution in [3.05, 3.63) is 34.3 Å². The van der Waals surface area contributed by atoms with Crippen molar-refractivity contribution < 1.29 is 4.79 Å². The van der Waals surface area contributed by atoms with Gasteiger partial charge in [0.15, 0.2) is 0 Å². The summed E-state index contributed by atoms with van der Waals surface area (Å²) in [6, 6.07) is 8.32. The molecule has 22 heavy (non-hydrogen) atoms. The molecule has 0 bridgehead atoms. The first-order chi connectivity index (χ1) is 9.97. The maximum absolute atomic E-state index is 12.0. The average molecular weight is 390 g/mol. The summed E-state index contributed by atoms with van der Waals surface area (Å²) in [6.07, 6.45) is 2.85. The van der Waals surface area contributed by atoms with Gasteiger partial charge in [-0.15, -0.1) is 12.4 Å². The van der Waals surface area contributed by atoms with Gasteiger partial charge in [0.05, 0.1) is 0 Å². The Morgan fingerprint density at radius 3 is 2.64 bits per heavy atom. The summed E-state index contributed by atoms with van der Waals surface area (Å²) in [5, 5.41) is 6.43. The third-order valence-electron chi connectivity index (χ3n) is 4.30. The number of hydrogen-bond donors (Lipinski definition) is 2. The maximum atomic E-state index is 12.0. The second kappa shape index (κ2) is 8.90. The van der Waals surface area contributed by atoms with E-state index in [1.807, 2.05) is 12.1 Å². The number of amides is 1. The molecule has 0 aliphatic carbocycles. The van der Waals surface area contributed by atoms with Crippen LogP contribution < -0.4 is 10.6 Å². The lowest BCUT2D eigenvalue weighted by Crippen LogP contribution is -2.36. The molecule has 1 aromatic rings. The second-order valence-electron chi connectivity index (χ2n) is 6.57. The molecule has 1 aromatic carbocycles. The van der Waals surface area contributed by atoms with Crippen molar-refractivity contribution in [3.8, 4) is 0 Å². The van der Waals surface area contributed by atoms with Crippen molar-refractivity contribution >= 4 is 34.2 Å². The van der Waals surface area contributed by atoms with E-state index in [-0.39, 0.29) is 23.7 Å². The lowest BCUT2D eigenvalue weighted by atomic mass is 9.84. The van der Waals surface area contributed by atoms with Gasteiger partial charge < -0.3 is 10.6 Å². The number of rotatable bonds is 6. The van der Waals surface area contributed by atoms with E-state index in [1.165, 1.54) is 12.0 Å². The molecule has 5 heteroatoms. The molecule has 1 saturated heterocycles. The van der Waals surface area contributed by atoms with Crippen LogP contribution in [0.1, 0.15) is 38.7 Å². The number of nitrogens with one attached hydrogen (secondary N) is 2. The van der Waals surface area contributed by atoms with Gasteiger partial charge in [-0.1, -0.05) is 41.9 Å². The maximum Gasteiger partial charge on any atom is 0.220 e. The molecular formula is C17H26BrClN2O. The fourth-order valence-electron chi connectivity index (χ4n) is 2.71. The highest BCUT2D eigenvalue weighted by molar-refractivity contribution is 9.10. The van der Waals surface area contributed by atoms with Crippen LogP contribution in [0, 0.1) is 5.92 Å². The summed E-state index contributed by atoms with van der Waals surface area (Å²) >= 11 is 3.45. The Hall–Kier alpha value is -0.580. The Kier molecular flexibility index (Phi) is 7.87. The van der Waals surface area contributed by atoms with Gasteiger partial charge in [0.25, 0.3) is 0 Å². The molecule has 0 saturated carbocycles. The Balaban J connectivity index is 0.00000242. The molecule has 0 aromatic heterocycles. The van der Waals surface area contributed by atoms with E-state index in [4.69, 9.17) is 0 Å². The summed E-state index contributed by atoms with van der Waals surface area (Å²) in [4.78, 5) is 12.0. The normalized spacial score (nSPS) is 17.9. The van der Waals surface area contributed by atoms with Crippen molar-refractivity contribution in [1.29, 1.82) is 0 Å². The Morgan fingerprint density at radius 2 is 2.05 bits per heavy atom. The van der Waals surface area contributed by atoms with Crippen LogP contribution >= 0.6 is 28.3 Å². The van der Waals surface area contributed by atoms with Crippen LogP contribution in [-0.2, 0) is 10.2 Å². The summed E-state index contributed by atoms with van der Waals surface area (Å²) in [6.45, 7) is 7.17. The minimum atomic E-state index is -0.0503. The van der Waals surface area contributed by atoms with Crippen LogP contribution in [0.3, 0.4) is 0 Å². The highest BCUT2D eigenvalue weighted by atomic mass is 79.9. The Labute approximate surface area is 148 Å². The topological polar surface area (TPSA) is 41.1 Å². The zero-order valence-corrected chi connectivity index (χ0v) is 15.7. The lowest BCUT2D eigenvalue weighted by Gasteiger charge is -2.26. The molecule has 1 aliphatic rings. The van der Waals surface area contributed by atoms with Crippen LogP contribution in [0.15, 0.2) is 28.7 Å². The fraction of sp³-hybridized carbons (Fsp3) is 0.588. The first-order valence-electron chi connectivity index (χ1n) is 7.71. The molecule has 1 aliphatic heterocycles. The second-order valence-corrected chi connectivity index (χ2v) is 7.48. The molecule has 3 nitrogen and oxygen atoms in total. The van der Waals surface area contributed by atoms with Crippen LogP contribution in [0.4, 0.5) is 0 Å². The van der Waals surface area contributed by atoms with Crippen molar-refractivity contribution in [1.82, 2.24) is 10.6 Å². The minimum absolute atomic E-state index is 0. The van der Waals surface area contributed by atoms with Gasteiger partial charge in [0, 0.05) is 22.9 Å². The highest BCUT2D eigenvalue weighted by Gasteiger charge is 2.22. The monoisotopic (exact) mass is 388 g/mol. The molecule has 1 unspecified atom stereocenters. The number of halogens is 2. The number of carbonyl (C=O) groups excluding carboxylic acids is 1. The summed E-state index contributed by atoms with van der Waals surface area (Å²) < 4.78 is 1.08. The molecular weight excluding hydrogens is 364 g/mol. The van der Waals surface area contributed by atoms with Crippen molar-refractivity contribution in [2.24, 2.45) is 5.92 Å². The molecule has 1 fully saturated rings. The first-order valence-corrected chi connectivity index (χ1v) is 8.50. The van der Waals surface area contributed by atoms with E-state index in [1.54, 1.807) is 0 Å². The quantitative estimate of drug-likeness (QED) is 0.779. The molecule has 0 radical (unpaired) electrons.